The largest absolute Gasteiger partial charge is 0.465 e. The van der Waals surface area contributed by atoms with E-state index in [2.05, 4.69) is 20.6 Å². The topological polar surface area (TPSA) is 254 Å². The van der Waals surface area contributed by atoms with Crippen molar-refractivity contribution in [3.63, 3.8) is 0 Å². The van der Waals surface area contributed by atoms with Gasteiger partial charge in [0, 0.05) is 29.3 Å². The zero-order valence-electron chi connectivity index (χ0n) is 46.6. The molecule has 0 unspecified atom stereocenters. The first-order valence-corrected chi connectivity index (χ1v) is 26.9. The van der Waals surface area contributed by atoms with E-state index in [4.69, 9.17) is 14.2 Å². The summed E-state index contributed by atoms with van der Waals surface area (Å²) in [4.78, 5) is 74.0. The summed E-state index contributed by atoms with van der Waals surface area (Å²) in [5, 5.41) is 36.1. The van der Waals surface area contributed by atoms with Crippen LogP contribution in [0.5, 0.6) is 0 Å². The molecule has 19 heteroatoms. The highest BCUT2D eigenvalue weighted by atomic mass is 16.5. The van der Waals surface area contributed by atoms with Crippen molar-refractivity contribution in [2.75, 3.05) is 36.8 Å². The zero-order chi connectivity index (χ0) is 59.8. The number of para-hydroxylation sites is 3. The van der Waals surface area contributed by atoms with Crippen LogP contribution in [0.3, 0.4) is 0 Å². The number of nitriles is 3. The van der Waals surface area contributed by atoms with Crippen LogP contribution in [0.2, 0.25) is 0 Å². The van der Waals surface area contributed by atoms with Crippen LogP contribution in [0, 0.1) is 34.0 Å². The first-order valence-electron chi connectivity index (χ1n) is 26.9. The average molecular weight is 1130 g/mol. The molecule has 3 heterocycles. The summed E-state index contributed by atoms with van der Waals surface area (Å²) >= 11 is 0. The van der Waals surface area contributed by atoms with Crippen LogP contribution in [0.4, 0.5) is 17.1 Å². The molecule has 1 saturated carbocycles. The summed E-state index contributed by atoms with van der Waals surface area (Å²) in [6, 6.07) is 49.6. The number of amides is 3. The van der Waals surface area contributed by atoms with Gasteiger partial charge in [0.05, 0.1) is 83.5 Å². The number of carbonyl (C=O) groups is 6. The molecule has 84 heavy (non-hydrogen) atoms. The Morgan fingerprint density at radius 3 is 1.30 bits per heavy atom. The van der Waals surface area contributed by atoms with Gasteiger partial charge in [0.25, 0.3) is 17.7 Å². The van der Waals surface area contributed by atoms with Gasteiger partial charge in [0.15, 0.2) is 31.0 Å². The van der Waals surface area contributed by atoms with Gasteiger partial charge in [0.1, 0.15) is 18.2 Å². The van der Waals surface area contributed by atoms with E-state index in [1.54, 1.807) is 58.8 Å². The molecule has 9 rings (SSSR count). The summed E-state index contributed by atoms with van der Waals surface area (Å²) in [5.41, 5.74) is 5.62. The Labute approximate surface area is 486 Å². The summed E-state index contributed by atoms with van der Waals surface area (Å²) in [5.74, 6) is -2.81. The SMILES string of the molecule is CCOC(=O)c1cccc(C#N)c1NC(=O)C[n+]1cccc(-c2ccccc2)c1.COC(=O)c1cccc(C#N)c1NC(=O)C[n+]1cccc(-c2ccccc2)c1.COC(=O)c1cccc(C#N)c1NC(=O)C[n+]1cccn1C1CCCCC1. The number of pyridine rings is 2. The molecule has 0 spiro atoms. The lowest BCUT2D eigenvalue weighted by Crippen LogP contribution is -2.48. The molecule has 8 aromatic rings. The lowest BCUT2D eigenvalue weighted by molar-refractivity contribution is -0.767. The number of nitrogens with zero attached hydrogens (tertiary/aromatic N) is 7. The predicted octanol–water partition coefficient (Wildman–Crippen LogP) is 8.84. The van der Waals surface area contributed by atoms with Gasteiger partial charge in [-0.2, -0.15) is 29.6 Å². The van der Waals surface area contributed by atoms with Crippen molar-refractivity contribution in [1.82, 2.24) is 4.68 Å². The summed E-state index contributed by atoms with van der Waals surface area (Å²) < 4.78 is 22.0. The van der Waals surface area contributed by atoms with Crippen molar-refractivity contribution in [3.05, 3.63) is 216 Å². The van der Waals surface area contributed by atoms with Crippen LogP contribution in [0.15, 0.2) is 183 Å². The highest BCUT2D eigenvalue weighted by Gasteiger charge is 2.26. The molecule has 1 fully saturated rings. The number of carbonyl (C=O) groups excluding carboxylic acids is 6. The molecule has 0 aliphatic heterocycles. The van der Waals surface area contributed by atoms with Gasteiger partial charge in [-0.1, -0.05) is 98.1 Å². The van der Waals surface area contributed by atoms with Gasteiger partial charge in [0.2, 0.25) is 19.6 Å². The standard InChI is InChI=1S/C23H19N3O3.C22H17N3O3.C20H22N4O3/c1-2-29-23(28)20-12-6-10-18(14-24)22(20)25-21(27)16-26-13-7-11-19(15-26)17-8-4-3-5-9-17;1-28-22(27)19-11-5-9-17(13-23)21(19)24-20(26)15-25-12-6-10-18(14-25)16-7-3-2-4-8-16;1-27-20(26)17-10-5-7-15(13-21)19(17)22-18(25)14-23-11-6-12-24(23)16-8-3-2-4-9-16/h3-13,15H,2,16H2,1H3;2-12,14H,15H2,1H3;5-7,10-12,16H,2-4,8-9,14H2,1H3/p+3. The minimum absolute atomic E-state index is 0.0288. The molecule has 0 atom stereocenters. The Kier molecular flexibility index (Phi) is 22.0. The third-order valence-electron chi connectivity index (χ3n) is 13.3. The monoisotopic (exact) mass is 1130 g/mol. The Morgan fingerprint density at radius 2 is 0.893 bits per heavy atom. The second-order valence-corrected chi connectivity index (χ2v) is 18.9. The van der Waals surface area contributed by atoms with E-state index in [1.165, 1.54) is 57.7 Å². The van der Waals surface area contributed by atoms with Gasteiger partial charge >= 0.3 is 17.9 Å². The number of hydrogen-bond acceptors (Lipinski definition) is 12. The normalized spacial score (nSPS) is 11.4. The Hall–Kier alpha value is -11.1. The highest BCUT2D eigenvalue weighted by molar-refractivity contribution is 6.04. The maximum Gasteiger partial charge on any atom is 0.340 e. The summed E-state index contributed by atoms with van der Waals surface area (Å²) in [6.45, 7) is 2.05. The van der Waals surface area contributed by atoms with Gasteiger partial charge in [-0.05, 0) is 79.4 Å². The highest BCUT2D eigenvalue weighted by Crippen LogP contribution is 2.28. The molecule has 3 N–H and O–H groups in total. The molecule has 1 aliphatic rings. The maximum atomic E-state index is 12.6. The number of anilines is 3. The number of ether oxygens (including phenoxy) is 3. The Morgan fingerprint density at radius 1 is 0.488 bits per heavy atom. The van der Waals surface area contributed by atoms with Crippen LogP contribution < -0.4 is 29.8 Å². The van der Waals surface area contributed by atoms with Gasteiger partial charge < -0.3 is 30.2 Å². The first-order chi connectivity index (χ1) is 40.9. The lowest BCUT2D eigenvalue weighted by atomic mass is 9.96. The molecular formula is C65H61N10O9+3. The second kappa shape index (κ2) is 30.5. The molecule has 0 saturated heterocycles. The van der Waals surface area contributed by atoms with E-state index in [1.807, 2.05) is 139 Å². The maximum absolute atomic E-state index is 12.6. The van der Waals surface area contributed by atoms with Crippen molar-refractivity contribution in [3.8, 4) is 40.5 Å². The van der Waals surface area contributed by atoms with Crippen LogP contribution in [-0.4, -0.2) is 61.1 Å². The molecular weight excluding hydrogens is 1060 g/mol. The first kappa shape index (κ1) is 60.5. The van der Waals surface area contributed by atoms with E-state index in [0.29, 0.717) is 6.04 Å². The van der Waals surface area contributed by atoms with E-state index in [0.717, 1.165) is 35.1 Å². The van der Waals surface area contributed by atoms with Gasteiger partial charge in [-0.25, -0.2) is 14.4 Å². The minimum atomic E-state index is -0.619. The molecule has 0 bridgehead atoms. The molecule has 3 aromatic heterocycles. The third kappa shape index (κ3) is 16.3. The number of esters is 3. The number of methoxy groups -OCH3 is 2. The number of hydrogen-bond donors (Lipinski definition) is 3. The van der Waals surface area contributed by atoms with Crippen LogP contribution >= 0.6 is 0 Å². The van der Waals surface area contributed by atoms with Gasteiger partial charge in [-0.15, -0.1) is 4.68 Å². The van der Waals surface area contributed by atoms with Crippen LogP contribution in [0.1, 0.15) is 92.8 Å². The van der Waals surface area contributed by atoms with Crippen LogP contribution in [-0.2, 0) is 48.2 Å². The number of rotatable bonds is 16. The Balaban J connectivity index is 0.000000181. The number of benzene rings is 5. The Bertz CT molecular complexity index is 3780. The fourth-order valence-corrected chi connectivity index (χ4v) is 9.34. The molecule has 19 nitrogen and oxygen atoms in total. The van der Waals surface area contributed by atoms with Gasteiger partial charge in [-0.3, -0.25) is 14.4 Å². The van der Waals surface area contributed by atoms with Crippen molar-refractivity contribution in [1.29, 1.82) is 15.8 Å². The number of nitrogens with one attached hydrogen (secondary N) is 3. The smallest absolute Gasteiger partial charge is 0.340 e. The quantitative estimate of drug-likeness (QED) is 0.0466. The van der Waals surface area contributed by atoms with E-state index < -0.39 is 17.9 Å². The fourth-order valence-electron chi connectivity index (χ4n) is 9.34. The molecule has 0 radical (unpaired) electrons. The molecule has 5 aromatic carbocycles. The van der Waals surface area contributed by atoms with E-state index >= 15 is 0 Å². The lowest BCUT2D eigenvalue weighted by Gasteiger charge is -2.20. The molecule has 422 valence electrons. The van der Waals surface area contributed by atoms with Crippen molar-refractivity contribution < 1.29 is 56.8 Å². The molecule has 3 amide bonds. The summed E-state index contributed by atoms with van der Waals surface area (Å²) in [7, 11) is 2.51. The number of aromatic nitrogens is 4. The third-order valence-corrected chi connectivity index (χ3v) is 13.3. The minimum Gasteiger partial charge on any atom is -0.465 e. The van der Waals surface area contributed by atoms with Crippen molar-refractivity contribution in [2.24, 2.45) is 0 Å². The van der Waals surface area contributed by atoms with Crippen LogP contribution in [0.25, 0.3) is 22.3 Å². The fraction of sp³-hybridized carbons (Fsp3) is 0.200. The average Bonchev–Trinajstić information content (AvgIpc) is 4.14. The summed E-state index contributed by atoms with van der Waals surface area (Å²) in [6.07, 6.45) is 17.1. The zero-order valence-corrected chi connectivity index (χ0v) is 46.6. The second-order valence-electron chi connectivity index (χ2n) is 18.9. The van der Waals surface area contributed by atoms with Crippen molar-refractivity contribution in [2.45, 2.75) is 64.7 Å². The van der Waals surface area contributed by atoms with E-state index in [-0.39, 0.29) is 94.4 Å². The van der Waals surface area contributed by atoms with E-state index in [9.17, 15) is 44.6 Å². The van der Waals surface area contributed by atoms with Crippen molar-refractivity contribution >= 4 is 52.7 Å². The molecule has 1 aliphatic carbocycles. The predicted molar refractivity (Wildman–Crippen MR) is 309 cm³/mol.